The molecule has 3 atom stereocenters. The lowest BCUT2D eigenvalue weighted by molar-refractivity contribution is -0.147. The van der Waals surface area contributed by atoms with Crippen molar-refractivity contribution in [2.75, 3.05) is 0 Å². The summed E-state index contributed by atoms with van der Waals surface area (Å²) in [4.78, 5) is 48.8. The number of primary amides is 1. The standard InChI is InChI=1S/C24H19NO9/c25-23(32)17-14(27)7-12-6-11-5-9-1-2-13(20-10(8-26)3-4-34-20)18(28)15(9)19(29)16(11)21(30)24(12,33)22(17)31/h1-4,8,11-12,28-29,31,33H,5-7H2,(H2,25,32)/t11-,12-,24-/m0/s1. The summed E-state index contributed by atoms with van der Waals surface area (Å²) in [6.07, 6.45) is 1.68. The van der Waals surface area contributed by atoms with E-state index in [1.165, 1.54) is 18.4 Å². The van der Waals surface area contributed by atoms with Crippen LogP contribution in [0.5, 0.6) is 5.75 Å². The van der Waals surface area contributed by atoms with Gasteiger partial charge in [0, 0.05) is 17.9 Å². The van der Waals surface area contributed by atoms with Crippen molar-refractivity contribution in [1.29, 1.82) is 0 Å². The summed E-state index contributed by atoms with van der Waals surface area (Å²) in [5, 5.41) is 43.9. The maximum atomic E-state index is 13.5. The first-order valence-corrected chi connectivity index (χ1v) is 10.5. The van der Waals surface area contributed by atoms with Crippen molar-refractivity contribution < 1.29 is 44.0 Å². The summed E-state index contributed by atoms with van der Waals surface area (Å²) in [6.45, 7) is 0. The fourth-order valence-corrected chi connectivity index (χ4v) is 5.41. The third-order valence-electron chi connectivity index (χ3n) is 7.00. The fourth-order valence-electron chi connectivity index (χ4n) is 5.41. The van der Waals surface area contributed by atoms with E-state index < -0.39 is 57.8 Å². The number of rotatable bonds is 3. The van der Waals surface area contributed by atoms with Gasteiger partial charge in [-0.3, -0.25) is 19.2 Å². The molecule has 10 heteroatoms. The van der Waals surface area contributed by atoms with Gasteiger partial charge in [-0.1, -0.05) is 6.07 Å². The van der Waals surface area contributed by atoms with Crippen molar-refractivity contribution in [3.8, 4) is 17.1 Å². The van der Waals surface area contributed by atoms with Gasteiger partial charge in [-0.25, -0.2) is 0 Å². The Kier molecular flexibility index (Phi) is 4.56. The molecule has 6 N–H and O–H groups in total. The number of ketones is 2. The molecule has 0 saturated heterocycles. The zero-order chi connectivity index (χ0) is 24.5. The summed E-state index contributed by atoms with van der Waals surface area (Å²) in [5.74, 6) is -6.84. The van der Waals surface area contributed by atoms with Gasteiger partial charge in [0.1, 0.15) is 28.6 Å². The summed E-state index contributed by atoms with van der Waals surface area (Å²) in [5.41, 5.74) is 2.19. The fraction of sp³-hybridized carbons (Fsp3) is 0.250. The predicted octanol–water partition coefficient (Wildman–Crippen LogP) is 1.50. The predicted molar refractivity (Wildman–Crippen MR) is 114 cm³/mol. The monoisotopic (exact) mass is 465 g/mol. The zero-order valence-electron chi connectivity index (χ0n) is 17.6. The van der Waals surface area contributed by atoms with Crippen LogP contribution in [0.1, 0.15) is 34.3 Å². The van der Waals surface area contributed by atoms with Crippen LogP contribution in [-0.4, -0.2) is 49.8 Å². The molecule has 0 unspecified atom stereocenters. The Balaban J connectivity index is 1.69. The largest absolute Gasteiger partial charge is 0.508 e. The van der Waals surface area contributed by atoms with Crippen LogP contribution in [0.2, 0.25) is 0 Å². The molecule has 1 aromatic heterocycles. The maximum Gasteiger partial charge on any atom is 0.255 e. The van der Waals surface area contributed by atoms with Crippen LogP contribution in [0.3, 0.4) is 0 Å². The van der Waals surface area contributed by atoms with Crippen LogP contribution in [0.15, 0.2) is 45.8 Å². The first kappa shape index (κ1) is 21.7. The molecule has 1 aromatic carbocycles. The highest BCUT2D eigenvalue weighted by atomic mass is 16.3. The Labute approximate surface area is 191 Å². The highest BCUT2D eigenvalue weighted by molar-refractivity contribution is 6.22. The summed E-state index contributed by atoms with van der Waals surface area (Å²) in [7, 11) is 0. The summed E-state index contributed by atoms with van der Waals surface area (Å²) >= 11 is 0. The Morgan fingerprint density at radius 3 is 2.56 bits per heavy atom. The molecular formula is C24H19NO9. The molecule has 10 nitrogen and oxygen atoms in total. The Morgan fingerprint density at radius 2 is 1.88 bits per heavy atom. The molecule has 2 aromatic rings. The Bertz CT molecular complexity index is 1380. The molecule has 3 aliphatic carbocycles. The van der Waals surface area contributed by atoms with Crippen molar-refractivity contribution in [2.24, 2.45) is 17.6 Å². The number of benzene rings is 1. The van der Waals surface area contributed by atoms with Gasteiger partial charge in [-0.2, -0.15) is 0 Å². The van der Waals surface area contributed by atoms with E-state index in [1.54, 1.807) is 6.07 Å². The van der Waals surface area contributed by atoms with Gasteiger partial charge in [0.2, 0.25) is 5.78 Å². The first-order chi connectivity index (χ1) is 16.1. The molecule has 5 rings (SSSR count). The van der Waals surface area contributed by atoms with Crippen LogP contribution in [0.25, 0.3) is 17.1 Å². The van der Waals surface area contributed by atoms with Crippen LogP contribution >= 0.6 is 0 Å². The minimum absolute atomic E-state index is 0.0545. The van der Waals surface area contributed by atoms with Gasteiger partial charge in [-0.05, 0) is 36.5 Å². The number of aromatic hydroxyl groups is 1. The molecule has 1 fully saturated rings. The molecular weight excluding hydrogens is 446 g/mol. The number of carbonyl (C=O) groups excluding carboxylic acids is 4. The van der Waals surface area contributed by atoms with E-state index in [0.29, 0.717) is 11.8 Å². The van der Waals surface area contributed by atoms with E-state index >= 15 is 0 Å². The number of aliphatic hydroxyl groups is 3. The van der Waals surface area contributed by atoms with E-state index in [4.69, 9.17) is 10.2 Å². The smallest absolute Gasteiger partial charge is 0.255 e. The van der Waals surface area contributed by atoms with Crippen molar-refractivity contribution >= 4 is 29.5 Å². The second-order valence-corrected chi connectivity index (χ2v) is 8.73. The quantitative estimate of drug-likeness (QED) is 0.330. The molecule has 0 spiro atoms. The van der Waals surface area contributed by atoms with Gasteiger partial charge < -0.3 is 30.6 Å². The summed E-state index contributed by atoms with van der Waals surface area (Å²) in [6, 6.07) is 4.55. The maximum absolute atomic E-state index is 13.5. The van der Waals surface area contributed by atoms with Crippen LogP contribution in [-0.2, 0) is 20.8 Å². The molecule has 174 valence electrons. The number of aliphatic hydroxyl groups excluding tert-OH is 2. The molecule has 3 aliphatic rings. The van der Waals surface area contributed by atoms with E-state index in [-0.39, 0.29) is 47.3 Å². The molecule has 1 saturated carbocycles. The molecule has 1 heterocycles. The lowest BCUT2D eigenvalue weighted by atomic mass is 9.59. The minimum Gasteiger partial charge on any atom is -0.508 e. The molecule has 34 heavy (non-hydrogen) atoms. The number of hydrogen-bond acceptors (Lipinski definition) is 9. The number of phenols is 1. The van der Waals surface area contributed by atoms with Crippen LogP contribution in [0, 0.1) is 11.8 Å². The molecule has 0 aliphatic heterocycles. The number of fused-ring (bicyclic) bond motifs is 3. The van der Waals surface area contributed by atoms with Crippen molar-refractivity contribution in [3.05, 3.63) is 58.1 Å². The van der Waals surface area contributed by atoms with Crippen LogP contribution < -0.4 is 5.73 Å². The average molecular weight is 465 g/mol. The lowest BCUT2D eigenvalue weighted by Gasteiger charge is -2.46. The van der Waals surface area contributed by atoms with Crippen molar-refractivity contribution in [3.63, 3.8) is 0 Å². The topological polar surface area (TPSA) is 188 Å². The van der Waals surface area contributed by atoms with E-state index in [9.17, 15) is 39.6 Å². The first-order valence-electron chi connectivity index (χ1n) is 10.5. The second-order valence-electron chi connectivity index (χ2n) is 8.73. The number of amides is 1. The molecule has 0 radical (unpaired) electrons. The number of hydrogen-bond donors (Lipinski definition) is 5. The number of phenolic OH excluding ortho intramolecular Hbond substituents is 1. The third kappa shape index (κ3) is 2.65. The SMILES string of the molecule is NC(=O)C1=C(O)[C@@]2(O)C(=O)C3=C(O)c4c(ccc(-c5occc5C=O)c4O)C[C@H]3C[C@H]2CC1=O. The second kappa shape index (κ2) is 7.16. The number of Topliss-reactive ketones (excluding diaryl/α,β-unsaturated/α-hetero) is 2. The average Bonchev–Trinajstić information content (AvgIpc) is 3.24. The number of nitrogens with two attached hydrogens (primary N) is 1. The van der Waals surface area contributed by atoms with Gasteiger partial charge in [0.05, 0.1) is 23.0 Å². The van der Waals surface area contributed by atoms with E-state index in [0.717, 1.165) is 0 Å². The molecule has 1 amide bonds. The summed E-state index contributed by atoms with van der Waals surface area (Å²) < 4.78 is 5.31. The lowest BCUT2D eigenvalue weighted by Crippen LogP contribution is -2.58. The minimum atomic E-state index is -2.62. The van der Waals surface area contributed by atoms with Gasteiger partial charge in [-0.15, -0.1) is 0 Å². The number of aldehydes is 1. The van der Waals surface area contributed by atoms with Crippen LogP contribution in [0.4, 0.5) is 0 Å². The zero-order valence-corrected chi connectivity index (χ0v) is 17.6. The highest BCUT2D eigenvalue weighted by Gasteiger charge is 2.60. The highest BCUT2D eigenvalue weighted by Crippen LogP contribution is 2.52. The number of carbonyl (C=O) groups is 4. The van der Waals surface area contributed by atoms with Gasteiger partial charge in [0.15, 0.2) is 17.7 Å². The van der Waals surface area contributed by atoms with Crippen molar-refractivity contribution in [2.45, 2.75) is 24.9 Å². The van der Waals surface area contributed by atoms with E-state index in [1.807, 2.05) is 0 Å². The van der Waals surface area contributed by atoms with Gasteiger partial charge in [0.25, 0.3) is 5.91 Å². The van der Waals surface area contributed by atoms with Crippen molar-refractivity contribution in [1.82, 2.24) is 0 Å². The third-order valence-corrected chi connectivity index (χ3v) is 7.00. The normalized spacial score (nSPS) is 26.1. The Hall–Kier alpha value is -4.18. The molecule has 0 bridgehead atoms. The number of furan rings is 1. The van der Waals surface area contributed by atoms with E-state index in [2.05, 4.69) is 0 Å². The Morgan fingerprint density at radius 1 is 1.15 bits per heavy atom. The van der Waals surface area contributed by atoms with Gasteiger partial charge >= 0.3 is 0 Å².